The van der Waals surface area contributed by atoms with Crippen LogP contribution in [0.15, 0.2) is 48.7 Å². The normalized spacial score (nSPS) is 20.5. The molecule has 7 nitrogen and oxygen atoms in total. The fraction of sp³-hybridized carbons (Fsp3) is 0.360. The van der Waals surface area contributed by atoms with Crippen LogP contribution in [0, 0.1) is 20.8 Å². The molecule has 1 saturated heterocycles. The lowest BCUT2D eigenvalue weighted by Crippen LogP contribution is -2.29. The van der Waals surface area contributed by atoms with E-state index in [1.165, 1.54) is 29.8 Å². The second-order valence-electron chi connectivity index (χ2n) is 9.30. The van der Waals surface area contributed by atoms with Crippen LogP contribution in [0.4, 0.5) is 11.4 Å². The molecule has 2 aliphatic rings. The van der Waals surface area contributed by atoms with Gasteiger partial charge in [0, 0.05) is 29.3 Å². The first-order valence-corrected chi connectivity index (χ1v) is 13.7. The summed E-state index contributed by atoms with van der Waals surface area (Å²) in [6.45, 7) is 6.26. The molecule has 3 heterocycles. The van der Waals surface area contributed by atoms with Crippen LogP contribution in [0.25, 0.3) is 0 Å². The molecule has 3 aromatic rings. The number of sulfonamides is 1. The van der Waals surface area contributed by atoms with Crippen molar-refractivity contribution in [1.82, 2.24) is 14.9 Å². The number of hydrogen-bond donors (Lipinski definition) is 2. The van der Waals surface area contributed by atoms with Gasteiger partial charge in [0.25, 0.3) is 0 Å². The summed E-state index contributed by atoms with van der Waals surface area (Å²) in [5, 5.41) is 4.14. The molecule has 178 valence electrons. The molecule has 2 fully saturated rings. The first-order chi connectivity index (χ1) is 16.1. The summed E-state index contributed by atoms with van der Waals surface area (Å²) < 4.78 is 28.5. The average Bonchev–Trinajstić information content (AvgIpc) is 3.48. The number of benzene rings is 1. The Balaban J connectivity index is 1.62. The van der Waals surface area contributed by atoms with Crippen LogP contribution in [0.1, 0.15) is 59.2 Å². The summed E-state index contributed by atoms with van der Waals surface area (Å²) in [5.41, 5.74) is 6.98. The summed E-state index contributed by atoms with van der Waals surface area (Å²) in [4.78, 5) is 6.79. The van der Waals surface area contributed by atoms with E-state index < -0.39 is 10.0 Å². The second kappa shape index (κ2) is 8.39. The van der Waals surface area contributed by atoms with Crippen LogP contribution in [-0.4, -0.2) is 29.3 Å². The molecule has 34 heavy (non-hydrogen) atoms. The SMILES string of the molecule is Cc1cc(N2C(=S)N[C@H](c3ccccn3)[C@@H]2c2cc(C)n(C3CC3)c2C)ccc1NS(C)(=O)=O. The van der Waals surface area contributed by atoms with Crippen LogP contribution in [0.5, 0.6) is 0 Å². The van der Waals surface area contributed by atoms with Gasteiger partial charge >= 0.3 is 0 Å². The highest BCUT2D eigenvalue weighted by atomic mass is 32.2. The number of aryl methyl sites for hydroxylation is 2. The fourth-order valence-corrected chi connectivity index (χ4v) is 6.03. The standard InChI is InChI=1S/C25H29N5O2S2/c1-15-13-19(10-11-21(15)28-34(4,31)32)30-24(20-14-16(2)29(17(20)3)18-8-9-18)23(27-25(30)33)22-7-5-6-12-26-22/h5-7,10-14,18,23-24,28H,8-9H2,1-4H3,(H,27,33)/t23-,24+/m1/s1. The topological polar surface area (TPSA) is 79.3 Å². The van der Waals surface area contributed by atoms with Gasteiger partial charge in [-0.15, -0.1) is 0 Å². The molecular formula is C25H29N5O2S2. The Morgan fingerprint density at radius 1 is 1.12 bits per heavy atom. The Labute approximate surface area is 206 Å². The molecule has 2 atom stereocenters. The minimum absolute atomic E-state index is 0.0887. The number of anilines is 2. The van der Waals surface area contributed by atoms with E-state index in [9.17, 15) is 8.42 Å². The van der Waals surface area contributed by atoms with Crippen LogP contribution in [-0.2, 0) is 10.0 Å². The number of nitrogens with zero attached hydrogens (tertiary/aromatic N) is 3. The highest BCUT2D eigenvalue weighted by Gasteiger charge is 2.43. The minimum atomic E-state index is -3.36. The molecule has 1 aliphatic heterocycles. The van der Waals surface area contributed by atoms with Crippen LogP contribution >= 0.6 is 12.2 Å². The van der Waals surface area contributed by atoms with Crippen molar-refractivity contribution in [3.05, 3.63) is 76.9 Å². The fourth-order valence-electron chi connectivity index (χ4n) is 5.06. The van der Waals surface area contributed by atoms with Gasteiger partial charge in [-0.1, -0.05) is 6.07 Å². The molecule has 1 aromatic carbocycles. The van der Waals surface area contributed by atoms with E-state index in [-0.39, 0.29) is 12.1 Å². The Morgan fingerprint density at radius 2 is 1.88 bits per heavy atom. The molecule has 9 heteroatoms. The maximum Gasteiger partial charge on any atom is 0.229 e. The largest absolute Gasteiger partial charge is 0.351 e. The van der Waals surface area contributed by atoms with Gasteiger partial charge in [0.1, 0.15) is 0 Å². The monoisotopic (exact) mass is 495 g/mol. The van der Waals surface area contributed by atoms with Gasteiger partial charge in [-0.25, -0.2) is 8.42 Å². The first-order valence-electron chi connectivity index (χ1n) is 11.4. The molecule has 1 saturated carbocycles. The van der Waals surface area contributed by atoms with Gasteiger partial charge in [0.15, 0.2) is 5.11 Å². The summed E-state index contributed by atoms with van der Waals surface area (Å²) in [7, 11) is -3.36. The summed E-state index contributed by atoms with van der Waals surface area (Å²) in [6, 6.07) is 14.3. The molecule has 1 aliphatic carbocycles. The molecule has 0 spiro atoms. The third kappa shape index (κ3) is 4.18. The van der Waals surface area contributed by atoms with Crippen molar-refractivity contribution < 1.29 is 8.42 Å². The third-order valence-corrected chi connectivity index (χ3v) is 7.54. The maximum absolute atomic E-state index is 11.8. The Kier molecular flexibility index (Phi) is 5.64. The van der Waals surface area contributed by atoms with Gasteiger partial charge < -0.3 is 14.8 Å². The van der Waals surface area contributed by atoms with Crippen molar-refractivity contribution in [3.8, 4) is 0 Å². The molecular weight excluding hydrogens is 466 g/mol. The third-order valence-electron chi connectivity index (χ3n) is 6.64. The van der Waals surface area contributed by atoms with E-state index in [1.807, 2.05) is 43.5 Å². The Morgan fingerprint density at radius 3 is 2.50 bits per heavy atom. The number of pyridine rings is 1. The Bertz CT molecular complexity index is 1360. The number of rotatable bonds is 6. The number of aromatic nitrogens is 2. The van der Waals surface area contributed by atoms with E-state index in [0.717, 1.165) is 23.2 Å². The molecule has 5 rings (SSSR count). The van der Waals surface area contributed by atoms with E-state index in [4.69, 9.17) is 12.2 Å². The van der Waals surface area contributed by atoms with Gasteiger partial charge in [-0.05, 0) is 93.4 Å². The molecule has 2 aromatic heterocycles. The highest BCUT2D eigenvalue weighted by molar-refractivity contribution is 7.92. The second-order valence-corrected chi connectivity index (χ2v) is 11.4. The smallest absolute Gasteiger partial charge is 0.229 e. The van der Waals surface area contributed by atoms with Crippen molar-refractivity contribution in [2.24, 2.45) is 0 Å². The van der Waals surface area contributed by atoms with Crippen LogP contribution in [0.2, 0.25) is 0 Å². The quantitative estimate of drug-likeness (QED) is 0.483. The van der Waals surface area contributed by atoms with Crippen molar-refractivity contribution >= 4 is 38.7 Å². The van der Waals surface area contributed by atoms with E-state index >= 15 is 0 Å². The predicted octanol–water partition coefficient (Wildman–Crippen LogP) is 4.69. The van der Waals surface area contributed by atoms with Gasteiger partial charge in [0.2, 0.25) is 10.0 Å². The van der Waals surface area contributed by atoms with Crippen LogP contribution < -0.4 is 14.9 Å². The molecule has 0 radical (unpaired) electrons. The highest BCUT2D eigenvalue weighted by Crippen LogP contribution is 2.46. The van der Waals surface area contributed by atoms with E-state index in [1.54, 1.807) is 6.07 Å². The Hall–Kier alpha value is -2.91. The summed E-state index contributed by atoms with van der Waals surface area (Å²) in [6.07, 6.45) is 5.41. The van der Waals surface area contributed by atoms with Crippen molar-refractivity contribution in [2.75, 3.05) is 15.9 Å². The molecule has 0 amide bonds. The lowest BCUT2D eigenvalue weighted by atomic mass is 9.96. The van der Waals surface area contributed by atoms with Gasteiger partial charge in [-0.3, -0.25) is 9.71 Å². The lowest BCUT2D eigenvalue weighted by molar-refractivity contribution is 0.562. The first kappa shape index (κ1) is 22.9. The zero-order valence-corrected chi connectivity index (χ0v) is 21.4. The van der Waals surface area contributed by atoms with Crippen molar-refractivity contribution in [2.45, 2.75) is 51.7 Å². The summed E-state index contributed by atoms with van der Waals surface area (Å²) >= 11 is 5.86. The number of hydrogen-bond acceptors (Lipinski definition) is 4. The minimum Gasteiger partial charge on any atom is -0.351 e. The maximum atomic E-state index is 11.8. The number of nitrogens with one attached hydrogen (secondary N) is 2. The van der Waals surface area contributed by atoms with Gasteiger partial charge in [0.05, 0.1) is 29.7 Å². The van der Waals surface area contributed by atoms with Gasteiger partial charge in [-0.2, -0.15) is 0 Å². The van der Waals surface area contributed by atoms with Crippen LogP contribution in [0.3, 0.4) is 0 Å². The van der Waals surface area contributed by atoms with E-state index in [0.29, 0.717) is 16.8 Å². The lowest BCUT2D eigenvalue weighted by Gasteiger charge is -2.29. The zero-order valence-electron chi connectivity index (χ0n) is 19.7. The predicted molar refractivity (Wildman–Crippen MR) is 140 cm³/mol. The molecule has 2 N–H and O–H groups in total. The average molecular weight is 496 g/mol. The van der Waals surface area contributed by atoms with E-state index in [2.05, 4.69) is 44.4 Å². The molecule has 0 bridgehead atoms. The summed E-state index contributed by atoms with van der Waals surface area (Å²) in [5.74, 6) is 0. The number of thiocarbonyl (C=S) groups is 1. The van der Waals surface area contributed by atoms with Crippen molar-refractivity contribution in [1.29, 1.82) is 0 Å². The zero-order chi connectivity index (χ0) is 24.2. The van der Waals surface area contributed by atoms with Crippen molar-refractivity contribution in [3.63, 3.8) is 0 Å². The molecule has 0 unspecified atom stereocenters.